The van der Waals surface area contributed by atoms with E-state index in [0.717, 1.165) is 24.1 Å². The molecule has 1 aliphatic carbocycles. The molecule has 1 heterocycles. The van der Waals surface area contributed by atoms with Crippen molar-refractivity contribution in [2.75, 3.05) is 6.54 Å². The number of phenolic OH excluding ortho intramolecular Hbond substituents is 1. The number of likely N-dealkylation sites (tertiary alicyclic amines) is 1. The molecular formula is C15H21NO. The van der Waals surface area contributed by atoms with Crippen molar-refractivity contribution in [3.8, 4) is 5.75 Å². The van der Waals surface area contributed by atoms with Crippen molar-refractivity contribution in [2.24, 2.45) is 5.92 Å². The summed E-state index contributed by atoms with van der Waals surface area (Å²) in [6.45, 7) is 2.13. The van der Waals surface area contributed by atoms with Crippen molar-refractivity contribution < 1.29 is 5.11 Å². The van der Waals surface area contributed by atoms with Crippen LogP contribution >= 0.6 is 0 Å². The smallest absolute Gasteiger partial charge is 0.120 e. The van der Waals surface area contributed by atoms with Crippen molar-refractivity contribution in [3.63, 3.8) is 0 Å². The lowest BCUT2D eigenvalue weighted by atomic mass is 9.91. The van der Waals surface area contributed by atoms with Gasteiger partial charge in [0.05, 0.1) is 0 Å². The van der Waals surface area contributed by atoms with Crippen molar-refractivity contribution in [1.82, 2.24) is 4.90 Å². The number of benzene rings is 1. The van der Waals surface area contributed by atoms with Gasteiger partial charge < -0.3 is 5.11 Å². The first-order valence-electron chi connectivity index (χ1n) is 6.85. The van der Waals surface area contributed by atoms with Crippen LogP contribution in [0, 0.1) is 5.92 Å². The number of nitrogens with zero attached hydrogens (tertiary/aromatic N) is 1. The Labute approximate surface area is 103 Å². The lowest BCUT2D eigenvalue weighted by Gasteiger charge is -2.37. The molecule has 0 aromatic heterocycles. The summed E-state index contributed by atoms with van der Waals surface area (Å²) in [5, 5.41) is 9.85. The fourth-order valence-corrected chi connectivity index (χ4v) is 3.62. The van der Waals surface area contributed by atoms with Crippen LogP contribution in [0.3, 0.4) is 0 Å². The molecule has 0 radical (unpaired) electrons. The standard InChI is InChI=1S/C15H21NO/c17-15-9-2-1-5-13(15)11-16-10-4-7-12-6-3-8-14(12)16/h1-2,5,9,12,14,17H,3-4,6-8,10-11H2. The minimum atomic E-state index is 0.452. The summed E-state index contributed by atoms with van der Waals surface area (Å²) in [4.78, 5) is 2.59. The van der Waals surface area contributed by atoms with E-state index >= 15 is 0 Å². The van der Waals surface area contributed by atoms with E-state index in [1.54, 1.807) is 6.07 Å². The molecule has 1 aromatic rings. The van der Waals surface area contributed by atoms with Crippen LogP contribution in [-0.4, -0.2) is 22.6 Å². The zero-order chi connectivity index (χ0) is 11.7. The second-order valence-corrected chi connectivity index (χ2v) is 5.50. The lowest BCUT2D eigenvalue weighted by molar-refractivity contribution is 0.105. The number of piperidine rings is 1. The molecule has 0 spiro atoms. The van der Waals surface area contributed by atoms with Gasteiger partial charge in [-0.25, -0.2) is 0 Å². The third-order valence-corrected chi connectivity index (χ3v) is 4.47. The number of hydrogen-bond donors (Lipinski definition) is 1. The van der Waals surface area contributed by atoms with E-state index < -0.39 is 0 Å². The quantitative estimate of drug-likeness (QED) is 0.845. The van der Waals surface area contributed by atoms with Gasteiger partial charge >= 0.3 is 0 Å². The van der Waals surface area contributed by atoms with Crippen LogP contribution < -0.4 is 0 Å². The highest BCUT2D eigenvalue weighted by Crippen LogP contribution is 2.37. The van der Waals surface area contributed by atoms with E-state index in [-0.39, 0.29) is 0 Å². The normalized spacial score (nSPS) is 29.2. The van der Waals surface area contributed by atoms with Gasteiger partial charge in [0.1, 0.15) is 5.75 Å². The monoisotopic (exact) mass is 231 g/mol. The Bertz CT molecular complexity index is 390. The van der Waals surface area contributed by atoms with Crippen LogP contribution in [0.5, 0.6) is 5.75 Å². The van der Waals surface area contributed by atoms with E-state index in [0.29, 0.717) is 5.75 Å². The third kappa shape index (κ3) is 2.19. The maximum absolute atomic E-state index is 9.85. The second-order valence-electron chi connectivity index (χ2n) is 5.50. The summed E-state index contributed by atoms with van der Waals surface area (Å²) in [7, 11) is 0. The lowest BCUT2D eigenvalue weighted by Crippen LogP contribution is -2.41. The average Bonchev–Trinajstić information content (AvgIpc) is 2.81. The van der Waals surface area contributed by atoms with Crippen LogP contribution in [0.15, 0.2) is 24.3 Å². The number of hydrogen-bond acceptors (Lipinski definition) is 2. The first-order valence-corrected chi connectivity index (χ1v) is 6.85. The maximum Gasteiger partial charge on any atom is 0.120 e. The summed E-state index contributed by atoms with van der Waals surface area (Å²) in [6.07, 6.45) is 6.92. The van der Waals surface area contributed by atoms with Gasteiger partial charge in [0.15, 0.2) is 0 Å². The van der Waals surface area contributed by atoms with Crippen LogP contribution in [-0.2, 0) is 6.54 Å². The molecule has 0 bridgehead atoms. The summed E-state index contributed by atoms with van der Waals surface area (Å²) in [5.74, 6) is 1.38. The van der Waals surface area contributed by atoms with Gasteiger partial charge in [-0.05, 0) is 44.2 Å². The van der Waals surface area contributed by atoms with E-state index in [1.165, 1.54) is 38.6 Å². The van der Waals surface area contributed by atoms with Crippen LogP contribution in [0.25, 0.3) is 0 Å². The number of para-hydroxylation sites is 1. The molecule has 1 aromatic carbocycles. The second kappa shape index (κ2) is 4.69. The van der Waals surface area contributed by atoms with Crippen LogP contribution in [0.1, 0.15) is 37.7 Å². The fraction of sp³-hybridized carbons (Fsp3) is 0.600. The topological polar surface area (TPSA) is 23.5 Å². The first kappa shape index (κ1) is 11.1. The van der Waals surface area contributed by atoms with Gasteiger partial charge in [-0.15, -0.1) is 0 Å². The van der Waals surface area contributed by atoms with E-state index in [9.17, 15) is 5.11 Å². The molecule has 1 saturated carbocycles. The van der Waals surface area contributed by atoms with Crippen molar-refractivity contribution in [3.05, 3.63) is 29.8 Å². The molecular weight excluding hydrogens is 210 g/mol. The molecule has 0 amide bonds. The van der Waals surface area contributed by atoms with E-state index in [1.807, 2.05) is 18.2 Å². The number of phenols is 1. The highest BCUT2D eigenvalue weighted by atomic mass is 16.3. The molecule has 1 N–H and O–H groups in total. The highest BCUT2D eigenvalue weighted by molar-refractivity contribution is 5.31. The average molecular weight is 231 g/mol. The zero-order valence-electron chi connectivity index (χ0n) is 10.3. The largest absolute Gasteiger partial charge is 0.508 e. The number of fused-ring (bicyclic) bond motifs is 1. The molecule has 2 nitrogen and oxygen atoms in total. The molecule has 1 saturated heterocycles. The van der Waals surface area contributed by atoms with Gasteiger partial charge in [0.2, 0.25) is 0 Å². The van der Waals surface area contributed by atoms with Crippen molar-refractivity contribution in [2.45, 2.75) is 44.7 Å². The third-order valence-electron chi connectivity index (χ3n) is 4.47. The van der Waals surface area contributed by atoms with Gasteiger partial charge in [0.25, 0.3) is 0 Å². The Morgan fingerprint density at radius 3 is 2.82 bits per heavy atom. The Balaban J connectivity index is 1.74. The van der Waals surface area contributed by atoms with Gasteiger partial charge in [-0.3, -0.25) is 4.90 Å². The molecule has 2 unspecified atom stereocenters. The molecule has 3 rings (SSSR count). The minimum absolute atomic E-state index is 0.452. The molecule has 92 valence electrons. The fourth-order valence-electron chi connectivity index (χ4n) is 3.62. The summed E-state index contributed by atoms with van der Waals surface area (Å²) in [5.41, 5.74) is 1.08. The minimum Gasteiger partial charge on any atom is -0.508 e. The molecule has 2 aliphatic rings. The molecule has 1 aliphatic heterocycles. The predicted molar refractivity (Wildman–Crippen MR) is 68.9 cm³/mol. The van der Waals surface area contributed by atoms with Crippen LogP contribution in [0.2, 0.25) is 0 Å². The van der Waals surface area contributed by atoms with Crippen molar-refractivity contribution in [1.29, 1.82) is 0 Å². The Hall–Kier alpha value is -1.02. The predicted octanol–water partition coefficient (Wildman–Crippen LogP) is 3.16. The Kier molecular flexibility index (Phi) is 3.06. The Morgan fingerprint density at radius 2 is 1.94 bits per heavy atom. The summed E-state index contributed by atoms with van der Waals surface area (Å²) in [6, 6.07) is 8.54. The highest BCUT2D eigenvalue weighted by Gasteiger charge is 2.34. The first-order chi connectivity index (χ1) is 8.34. The van der Waals surface area contributed by atoms with Crippen molar-refractivity contribution >= 4 is 0 Å². The SMILES string of the molecule is Oc1ccccc1CN1CCCC2CCCC21. The number of aromatic hydroxyl groups is 1. The zero-order valence-corrected chi connectivity index (χ0v) is 10.3. The molecule has 17 heavy (non-hydrogen) atoms. The van der Waals surface area contributed by atoms with Gasteiger partial charge in [-0.2, -0.15) is 0 Å². The number of rotatable bonds is 2. The molecule has 2 fully saturated rings. The molecule has 2 atom stereocenters. The van der Waals surface area contributed by atoms with E-state index in [4.69, 9.17) is 0 Å². The Morgan fingerprint density at radius 1 is 1.12 bits per heavy atom. The summed E-state index contributed by atoms with van der Waals surface area (Å²) < 4.78 is 0. The van der Waals surface area contributed by atoms with E-state index in [2.05, 4.69) is 4.90 Å². The van der Waals surface area contributed by atoms with Gasteiger partial charge in [0, 0.05) is 18.2 Å². The summed E-state index contributed by atoms with van der Waals surface area (Å²) >= 11 is 0. The van der Waals surface area contributed by atoms with Crippen LogP contribution in [0.4, 0.5) is 0 Å². The van der Waals surface area contributed by atoms with Gasteiger partial charge in [-0.1, -0.05) is 24.6 Å². The molecule has 2 heteroatoms. The maximum atomic E-state index is 9.85.